The molecule has 1 nitrogen and oxygen atoms in total. The van der Waals surface area contributed by atoms with E-state index in [1.54, 1.807) is 6.92 Å². The zero-order valence-electron chi connectivity index (χ0n) is 21.8. The van der Waals surface area contributed by atoms with Crippen LogP contribution in [0.5, 0.6) is 0 Å². The fourth-order valence-electron chi connectivity index (χ4n) is 2.19. The van der Waals surface area contributed by atoms with Gasteiger partial charge in [-0.05, 0) is 59.6 Å². The van der Waals surface area contributed by atoms with E-state index in [9.17, 15) is 26.3 Å². The van der Waals surface area contributed by atoms with E-state index in [2.05, 4.69) is 70.5 Å². The third-order valence-electron chi connectivity index (χ3n) is 4.60. The second-order valence-corrected chi connectivity index (χ2v) is 8.06. The van der Waals surface area contributed by atoms with Crippen molar-refractivity contribution in [3.05, 3.63) is 182 Å². The van der Waals surface area contributed by atoms with E-state index >= 15 is 0 Å². The summed E-state index contributed by atoms with van der Waals surface area (Å²) < 4.78 is 88.0. The molecule has 0 aliphatic heterocycles. The van der Waals surface area contributed by atoms with Crippen LogP contribution < -0.4 is 0 Å². The highest BCUT2D eigenvalue weighted by molar-refractivity contribution is 5.55. The van der Waals surface area contributed by atoms with Crippen LogP contribution in [0.1, 0.15) is 6.92 Å². The second-order valence-electron chi connectivity index (χ2n) is 8.06. The molecule has 0 aromatic carbocycles. The number of allylic oxidation sites excluding steroid dienone is 17. The smallest absolute Gasteiger partial charge is 0.426 e. The summed E-state index contributed by atoms with van der Waals surface area (Å²) in [5.41, 5.74) is -1.22. The van der Waals surface area contributed by atoms with E-state index < -0.39 is 46.3 Å². The molecule has 206 valence electrons. The summed E-state index contributed by atoms with van der Waals surface area (Å²) in [6.45, 7) is 35.6. The van der Waals surface area contributed by atoms with Crippen LogP contribution in [0.2, 0.25) is 0 Å². The summed E-state index contributed by atoms with van der Waals surface area (Å²) in [6, 6.07) is 0. The van der Waals surface area contributed by atoms with Gasteiger partial charge in [0.25, 0.3) is 0 Å². The predicted octanol–water partition coefficient (Wildman–Crippen LogP) is 10.7. The number of hydrogen-bond donors (Lipinski definition) is 0. The third-order valence-corrected chi connectivity index (χ3v) is 4.60. The highest BCUT2D eigenvalue weighted by Crippen LogP contribution is 2.30. The quantitative estimate of drug-likeness (QED) is 0.107. The van der Waals surface area contributed by atoms with Crippen molar-refractivity contribution in [2.45, 2.75) is 13.0 Å². The lowest BCUT2D eigenvalue weighted by atomic mass is 10.0. The van der Waals surface area contributed by atoms with Crippen LogP contribution in [0, 0.1) is 0 Å². The Morgan fingerprint density at radius 3 is 1.44 bits per heavy atom. The highest BCUT2D eigenvalue weighted by Gasteiger charge is 2.34. The average molecular weight is 545 g/mol. The van der Waals surface area contributed by atoms with Crippen molar-refractivity contribution in [3.8, 4) is 0 Å². The lowest BCUT2D eigenvalue weighted by Gasteiger charge is -2.18. The topological polar surface area (TPSA) is 9.23 Å². The molecule has 0 fully saturated rings. The lowest BCUT2D eigenvalue weighted by molar-refractivity contribution is -0.175. The number of ether oxygens (including phenoxy) is 1. The van der Waals surface area contributed by atoms with E-state index in [1.807, 2.05) is 0 Å². The van der Waals surface area contributed by atoms with E-state index in [0.29, 0.717) is 11.6 Å². The van der Waals surface area contributed by atoms with Gasteiger partial charge in [0.05, 0.1) is 5.57 Å². The Labute approximate surface area is 226 Å². The first-order valence-electron chi connectivity index (χ1n) is 10.9. The molecule has 7 heteroatoms. The summed E-state index contributed by atoms with van der Waals surface area (Å²) in [7, 11) is 0. The van der Waals surface area contributed by atoms with Gasteiger partial charge in [-0.1, -0.05) is 83.5 Å². The maximum Gasteiger partial charge on any atom is 0.426 e. The standard InChI is InChI=1S/C32H30F6O/c1-19(2)12-14-24(7)32(37,38)39-25(8)15-13-20(3)21(4)16-29(34)26(9)22(5)17-30(35)27(10)23(6)18-31(36)28(11)33/h12-18H,1,3-11H2,2H3/b14-12-,15-13-,29-16+,30-17+,31-18+. The van der Waals surface area contributed by atoms with Gasteiger partial charge < -0.3 is 4.74 Å². The molecule has 0 N–H and O–H groups in total. The SMILES string of the molecule is C=C(C)/C=C\C(=C)C(F)(F)OC(=C)/C=C\C(=C)C(=C)/C=C(/F)C(=C)C(=C)/C=C(/F)C(=C)C(=C)/C=C(/F)C(=C)F. The Morgan fingerprint density at radius 1 is 0.564 bits per heavy atom. The van der Waals surface area contributed by atoms with Crippen molar-refractivity contribution in [3.63, 3.8) is 0 Å². The van der Waals surface area contributed by atoms with E-state index in [0.717, 1.165) is 24.3 Å². The molecule has 0 unspecified atom stereocenters. The summed E-state index contributed by atoms with van der Waals surface area (Å²) in [6.07, 6.45) is 3.22. The van der Waals surface area contributed by atoms with Crippen LogP contribution in [0.4, 0.5) is 26.3 Å². The molecule has 0 bridgehead atoms. The zero-order valence-corrected chi connectivity index (χ0v) is 21.8. The molecule has 0 rings (SSSR count). The minimum atomic E-state index is -3.75. The zero-order chi connectivity index (χ0) is 30.7. The fourth-order valence-corrected chi connectivity index (χ4v) is 2.19. The molecule has 0 aromatic heterocycles. The fraction of sp³-hybridized carbons (Fsp3) is 0.0625. The van der Waals surface area contributed by atoms with Crippen molar-refractivity contribution >= 4 is 0 Å². The first-order chi connectivity index (χ1) is 17.8. The highest BCUT2D eigenvalue weighted by atomic mass is 19.3. The van der Waals surface area contributed by atoms with Gasteiger partial charge in [0.2, 0.25) is 0 Å². The molecule has 0 amide bonds. The van der Waals surface area contributed by atoms with Gasteiger partial charge in [0.1, 0.15) is 17.4 Å². The molecule has 0 aromatic rings. The Hall–Kier alpha value is -4.52. The number of alkyl halides is 2. The molecule has 39 heavy (non-hydrogen) atoms. The largest absolute Gasteiger partial charge is 0.430 e. The first-order valence-corrected chi connectivity index (χ1v) is 10.9. The predicted molar refractivity (Wildman–Crippen MR) is 150 cm³/mol. The van der Waals surface area contributed by atoms with Gasteiger partial charge in [-0.2, -0.15) is 8.78 Å². The minimum Gasteiger partial charge on any atom is -0.430 e. The van der Waals surface area contributed by atoms with Crippen molar-refractivity contribution in [2.75, 3.05) is 0 Å². The molecule has 0 radical (unpaired) electrons. The molecule has 0 saturated heterocycles. The van der Waals surface area contributed by atoms with Gasteiger partial charge in [0, 0.05) is 11.1 Å². The lowest BCUT2D eigenvalue weighted by Crippen LogP contribution is -2.21. The van der Waals surface area contributed by atoms with Gasteiger partial charge in [0.15, 0.2) is 11.7 Å². The third kappa shape index (κ3) is 12.0. The van der Waals surface area contributed by atoms with Gasteiger partial charge >= 0.3 is 6.11 Å². The Bertz CT molecular complexity index is 1310. The van der Waals surface area contributed by atoms with Crippen LogP contribution >= 0.6 is 0 Å². The molecule has 0 saturated carbocycles. The average Bonchev–Trinajstić information content (AvgIpc) is 2.83. The molecular formula is C32H30F6O. The first kappa shape index (κ1) is 34.5. The van der Waals surface area contributed by atoms with Crippen molar-refractivity contribution in [2.24, 2.45) is 0 Å². The summed E-state index contributed by atoms with van der Waals surface area (Å²) in [5.74, 6) is -5.18. The number of rotatable bonds is 16. The van der Waals surface area contributed by atoms with Crippen LogP contribution in [0.25, 0.3) is 0 Å². The van der Waals surface area contributed by atoms with Crippen molar-refractivity contribution < 1.29 is 31.1 Å². The van der Waals surface area contributed by atoms with Crippen LogP contribution in [0.15, 0.2) is 182 Å². The summed E-state index contributed by atoms with van der Waals surface area (Å²) in [4.78, 5) is 0. The molecule has 0 spiro atoms. The normalized spacial score (nSPS) is 12.7. The van der Waals surface area contributed by atoms with E-state index in [-0.39, 0.29) is 27.9 Å². The van der Waals surface area contributed by atoms with Gasteiger partial charge in [-0.15, -0.1) is 0 Å². The van der Waals surface area contributed by atoms with Crippen molar-refractivity contribution in [1.82, 2.24) is 0 Å². The number of halogens is 6. The summed E-state index contributed by atoms with van der Waals surface area (Å²) in [5, 5.41) is 0. The minimum absolute atomic E-state index is 0.0142. The van der Waals surface area contributed by atoms with Crippen molar-refractivity contribution in [1.29, 1.82) is 0 Å². The van der Waals surface area contributed by atoms with Crippen LogP contribution in [-0.4, -0.2) is 6.11 Å². The van der Waals surface area contributed by atoms with Gasteiger partial charge in [-0.25, -0.2) is 17.6 Å². The van der Waals surface area contributed by atoms with E-state index in [4.69, 9.17) is 0 Å². The summed E-state index contributed by atoms with van der Waals surface area (Å²) >= 11 is 0. The molecule has 0 heterocycles. The number of hydrogen-bond acceptors (Lipinski definition) is 1. The van der Waals surface area contributed by atoms with Crippen LogP contribution in [-0.2, 0) is 4.74 Å². The van der Waals surface area contributed by atoms with Gasteiger partial charge in [-0.3, -0.25) is 0 Å². The Morgan fingerprint density at radius 2 is 1.00 bits per heavy atom. The van der Waals surface area contributed by atoms with E-state index in [1.165, 1.54) is 12.2 Å². The monoisotopic (exact) mass is 544 g/mol. The maximum atomic E-state index is 14.7. The molecule has 0 atom stereocenters. The molecule has 0 aliphatic rings. The molecular weight excluding hydrogens is 514 g/mol. The molecule has 0 aliphatic carbocycles. The maximum absolute atomic E-state index is 14.7. The Kier molecular flexibility index (Phi) is 13.3. The van der Waals surface area contributed by atoms with Crippen LogP contribution in [0.3, 0.4) is 0 Å². The second kappa shape index (κ2) is 15.0. The Balaban J connectivity index is 5.37.